The summed E-state index contributed by atoms with van der Waals surface area (Å²) in [6.45, 7) is 0.707. The number of rotatable bonds is 2. The fourth-order valence-electron chi connectivity index (χ4n) is 0.722. The van der Waals surface area contributed by atoms with Crippen LogP contribution in [0.2, 0.25) is 0 Å². The third-order valence-electron chi connectivity index (χ3n) is 1.23. The van der Waals surface area contributed by atoms with Gasteiger partial charge in [-0.05, 0) is 0 Å². The SMILES string of the molecule is NC(=O)OC1CN(N=O)C1. The van der Waals surface area contributed by atoms with Gasteiger partial charge in [-0.25, -0.2) is 4.79 Å². The van der Waals surface area contributed by atoms with Crippen LogP contribution >= 0.6 is 0 Å². The van der Waals surface area contributed by atoms with E-state index in [0.29, 0.717) is 13.1 Å². The van der Waals surface area contributed by atoms with E-state index in [1.54, 1.807) is 0 Å². The van der Waals surface area contributed by atoms with E-state index >= 15 is 0 Å². The Balaban J connectivity index is 2.14. The summed E-state index contributed by atoms with van der Waals surface area (Å²) < 4.78 is 4.52. The molecule has 1 aliphatic rings. The van der Waals surface area contributed by atoms with E-state index in [-0.39, 0.29) is 6.10 Å². The first-order valence-corrected chi connectivity index (χ1v) is 2.76. The zero-order chi connectivity index (χ0) is 7.56. The summed E-state index contributed by atoms with van der Waals surface area (Å²) in [6, 6.07) is 0. The largest absolute Gasteiger partial charge is 0.442 e. The predicted molar refractivity (Wildman–Crippen MR) is 31.8 cm³/mol. The fourth-order valence-corrected chi connectivity index (χ4v) is 0.722. The highest BCUT2D eigenvalue weighted by atomic mass is 16.6. The molecule has 1 rings (SSSR count). The molecule has 6 heteroatoms. The smallest absolute Gasteiger partial charge is 0.404 e. The Labute approximate surface area is 56.9 Å². The molecule has 0 aromatic heterocycles. The van der Waals surface area contributed by atoms with Crippen molar-refractivity contribution in [3.05, 3.63) is 4.91 Å². The van der Waals surface area contributed by atoms with E-state index in [1.807, 2.05) is 0 Å². The lowest BCUT2D eigenvalue weighted by molar-refractivity contribution is -0.00916. The van der Waals surface area contributed by atoms with Crippen molar-refractivity contribution in [2.75, 3.05) is 13.1 Å². The summed E-state index contributed by atoms with van der Waals surface area (Å²) in [6.07, 6.45) is -1.06. The third-order valence-corrected chi connectivity index (χ3v) is 1.23. The van der Waals surface area contributed by atoms with Gasteiger partial charge in [0.15, 0.2) is 0 Å². The first-order chi connectivity index (χ1) is 4.72. The minimum atomic E-state index is -0.810. The molecule has 1 fully saturated rings. The minimum absolute atomic E-state index is 0.254. The van der Waals surface area contributed by atoms with Crippen LogP contribution in [0.3, 0.4) is 0 Å². The fraction of sp³-hybridized carbons (Fsp3) is 0.750. The number of nitrogens with two attached hydrogens (primary N) is 1. The molecule has 1 saturated heterocycles. The molecule has 1 amide bonds. The summed E-state index contributed by atoms with van der Waals surface area (Å²) >= 11 is 0. The zero-order valence-electron chi connectivity index (χ0n) is 5.19. The number of nitrogens with zero attached hydrogens (tertiary/aromatic N) is 2. The van der Waals surface area contributed by atoms with E-state index < -0.39 is 6.09 Å². The summed E-state index contributed by atoms with van der Waals surface area (Å²) in [7, 11) is 0. The number of hydrogen-bond acceptors (Lipinski definition) is 4. The summed E-state index contributed by atoms with van der Waals surface area (Å²) in [5, 5.41) is 3.85. The van der Waals surface area contributed by atoms with Crippen molar-refractivity contribution >= 4 is 6.09 Å². The van der Waals surface area contributed by atoms with Gasteiger partial charge in [-0.2, -0.15) is 0 Å². The van der Waals surface area contributed by atoms with Crippen LogP contribution in [0.15, 0.2) is 5.29 Å². The zero-order valence-corrected chi connectivity index (χ0v) is 5.19. The molecule has 0 unspecified atom stereocenters. The highest BCUT2D eigenvalue weighted by Gasteiger charge is 2.29. The molecule has 0 radical (unpaired) electrons. The van der Waals surface area contributed by atoms with Crippen LogP contribution in [-0.2, 0) is 4.74 Å². The van der Waals surface area contributed by atoms with E-state index in [0.717, 1.165) is 0 Å². The van der Waals surface area contributed by atoms with Gasteiger partial charge in [0.1, 0.15) is 6.10 Å². The molecule has 0 atom stereocenters. The van der Waals surface area contributed by atoms with Crippen molar-refractivity contribution in [3.63, 3.8) is 0 Å². The number of carbonyl (C=O) groups is 1. The molecule has 0 aliphatic carbocycles. The number of nitroso groups, excluding NO2 is 1. The van der Waals surface area contributed by atoms with E-state index in [2.05, 4.69) is 10.0 Å². The van der Waals surface area contributed by atoms with E-state index in [1.165, 1.54) is 5.01 Å². The highest BCUT2D eigenvalue weighted by molar-refractivity contribution is 5.64. The monoisotopic (exact) mass is 145 g/mol. The molecule has 6 nitrogen and oxygen atoms in total. The topological polar surface area (TPSA) is 85.0 Å². The second-order valence-electron chi connectivity index (χ2n) is 2.01. The standard InChI is InChI=1S/C4H7N3O3/c5-4(8)10-3-1-7(2-3)6-9/h3H,1-2H2,(H2,5,8). The predicted octanol–water partition coefficient (Wildman–Crippen LogP) is -0.553. The van der Waals surface area contributed by atoms with Gasteiger partial charge in [-0.3, -0.25) is 5.01 Å². The van der Waals surface area contributed by atoms with Crippen LogP contribution < -0.4 is 5.73 Å². The Morgan fingerprint density at radius 2 is 2.30 bits per heavy atom. The average Bonchev–Trinajstić information content (AvgIpc) is 1.76. The Hall–Kier alpha value is -1.33. The number of primary amides is 1. The maximum Gasteiger partial charge on any atom is 0.404 e. The van der Waals surface area contributed by atoms with Crippen molar-refractivity contribution in [1.29, 1.82) is 0 Å². The van der Waals surface area contributed by atoms with Gasteiger partial charge >= 0.3 is 6.09 Å². The van der Waals surface area contributed by atoms with Crippen LogP contribution in [0.1, 0.15) is 0 Å². The molecular formula is C4H7N3O3. The van der Waals surface area contributed by atoms with Gasteiger partial charge in [0.25, 0.3) is 0 Å². The summed E-state index contributed by atoms with van der Waals surface area (Å²) in [4.78, 5) is 19.8. The molecule has 0 saturated carbocycles. The second-order valence-corrected chi connectivity index (χ2v) is 2.01. The lowest BCUT2D eigenvalue weighted by Crippen LogP contribution is -2.50. The van der Waals surface area contributed by atoms with Crippen molar-refractivity contribution in [1.82, 2.24) is 5.01 Å². The van der Waals surface area contributed by atoms with Crippen molar-refractivity contribution in [3.8, 4) is 0 Å². The first-order valence-electron chi connectivity index (χ1n) is 2.76. The number of hydrogen-bond donors (Lipinski definition) is 1. The minimum Gasteiger partial charge on any atom is -0.442 e. The molecule has 0 spiro atoms. The Kier molecular flexibility index (Phi) is 1.70. The number of carbonyl (C=O) groups excluding carboxylic acids is 1. The molecule has 0 aromatic carbocycles. The third kappa shape index (κ3) is 1.34. The van der Waals surface area contributed by atoms with Crippen molar-refractivity contribution < 1.29 is 9.53 Å². The normalized spacial score (nSPS) is 17.8. The summed E-state index contributed by atoms with van der Waals surface area (Å²) in [5.74, 6) is 0. The maximum absolute atomic E-state index is 10.1. The van der Waals surface area contributed by atoms with Crippen molar-refractivity contribution in [2.24, 2.45) is 11.0 Å². The van der Waals surface area contributed by atoms with E-state index in [4.69, 9.17) is 5.73 Å². The molecule has 0 aromatic rings. The Bertz CT molecular complexity index is 154. The molecule has 1 heterocycles. The molecular weight excluding hydrogens is 138 g/mol. The maximum atomic E-state index is 10.1. The van der Waals surface area contributed by atoms with Gasteiger partial charge in [0, 0.05) is 0 Å². The highest BCUT2D eigenvalue weighted by Crippen LogP contribution is 2.10. The quantitative estimate of drug-likeness (QED) is 0.528. The second kappa shape index (κ2) is 2.51. The van der Waals surface area contributed by atoms with E-state index in [9.17, 15) is 9.70 Å². The van der Waals surface area contributed by atoms with Gasteiger partial charge < -0.3 is 10.5 Å². The molecule has 56 valence electrons. The van der Waals surface area contributed by atoms with Crippen LogP contribution in [-0.4, -0.2) is 30.3 Å². The molecule has 1 aliphatic heterocycles. The van der Waals surface area contributed by atoms with Crippen LogP contribution in [0.25, 0.3) is 0 Å². The number of amides is 1. The van der Waals surface area contributed by atoms with Crippen LogP contribution in [0.4, 0.5) is 4.79 Å². The lowest BCUT2D eigenvalue weighted by Gasteiger charge is -2.32. The van der Waals surface area contributed by atoms with Gasteiger partial charge in [0.2, 0.25) is 0 Å². The molecule has 10 heavy (non-hydrogen) atoms. The Morgan fingerprint density at radius 1 is 1.70 bits per heavy atom. The number of ether oxygens (including phenoxy) is 1. The average molecular weight is 145 g/mol. The molecule has 2 N–H and O–H groups in total. The Morgan fingerprint density at radius 3 is 2.70 bits per heavy atom. The summed E-state index contributed by atoms with van der Waals surface area (Å²) in [5.41, 5.74) is 4.70. The molecule has 0 bridgehead atoms. The first kappa shape index (κ1) is 6.79. The van der Waals surface area contributed by atoms with Crippen molar-refractivity contribution in [2.45, 2.75) is 6.10 Å². The van der Waals surface area contributed by atoms with Crippen LogP contribution in [0.5, 0.6) is 0 Å². The van der Waals surface area contributed by atoms with Crippen LogP contribution in [0, 0.1) is 4.91 Å². The van der Waals surface area contributed by atoms with Gasteiger partial charge in [-0.1, -0.05) is 0 Å². The lowest BCUT2D eigenvalue weighted by atomic mass is 10.2. The van der Waals surface area contributed by atoms with Gasteiger partial charge in [0.05, 0.1) is 18.4 Å². The van der Waals surface area contributed by atoms with Gasteiger partial charge in [-0.15, -0.1) is 4.91 Å².